The van der Waals surface area contributed by atoms with Gasteiger partial charge in [-0.25, -0.2) is 14.6 Å². The van der Waals surface area contributed by atoms with Gasteiger partial charge in [0.1, 0.15) is 0 Å². The number of nitrogens with one attached hydrogen (secondary N) is 1. The van der Waals surface area contributed by atoms with E-state index in [1.54, 1.807) is 12.3 Å². The molecule has 0 aliphatic carbocycles. The van der Waals surface area contributed by atoms with Crippen molar-refractivity contribution in [3.8, 4) is 0 Å². The number of hydrogen-bond donors (Lipinski definition) is 3. The fraction of sp³-hybridized carbons (Fsp3) is 0.417. The molecule has 0 amide bonds. The summed E-state index contributed by atoms with van der Waals surface area (Å²) in [6.45, 7) is 1.99. The first-order valence-electron chi connectivity index (χ1n) is 6.17. The Labute approximate surface area is 135 Å². The van der Waals surface area contributed by atoms with E-state index in [2.05, 4.69) is 10.3 Å². The van der Waals surface area contributed by atoms with E-state index in [1.165, 1.54) is 6.07 Å². The second kappa shape index (κ2) is 9.15. The molecule has 1 fully saturated rings. The Balaban J connectivity index is 0.000000366. The Morgan fingerprint density at radius 2 is 1.40 bits per heavy atom. The average Bonchev–Trinajstić information content (AvgIpc) is 2.38. The van der Waals surface area contributed by atoms with Gasteiger partial charge in [0.2, 0.25) is 5.95 Å². The summed E-state index contributed by atoms with van der Waals surface area (Å²) in [6.07, 6.45) is -8.55. The van der Waals surface area contributed by atoms with Crippen LogP contribution in [0, 0.1) is 5.95 Å². The highest BCUT2D eigenvalue weighted by Crippen LogP contribution is 2.18. The van der Waals surface area contributed by atoms with Gasteiger partial charge in [-0.15, -0.1) is 0 Å². The highest BCUT2D eigenvalue weighted by atomic mass is 19.4. The number of pyridine rings is 1. The molecule has 0 saturated carbocycles. The van der Waals surface area contributed by atoms with Crippen LogP contribution in [-0.2, 0) is 9.59 Å². The summed E-state index contributed by atoms with van der Waals surface area (Å²) < 4.78 is 75.8. The molecule has 1 aromatic heterocycles. The number of aromatic nitrogens is 1. The maximum absolute atomic E-state index is 12.3. The topological polar surface area (TPSA) is 99.5 Å². The van der Waals surface area contributed by atoms with E-state index in [0.717, 1.165) is 18.7 Å². The van der Waals surface area contributed by atoms with Crippen LogP contribution >= 0.6 is 0 Å². The molecule has 0 bridgehead atoms. The van der Waals surface area contributed by atoms with Crippen LogP contribution in [0.15, 0.2) is 18.3 Å². The Morgan fingerprint density at radius 3 is 1.60 bits per heavy atom. The highest BCUT2D eigenvalue weighted by Gasteiger charge is 2.38. The molecule has 1 saturated heterocycles. The number of carboxylic acids is 2. The van der Waals surface area contributed by atoms with E-state index < -0.39 is 30.2 Å². The molecule has 3 N–H and O–H groups in total. The number of aliphatic carboxylic acids is 2. The zero-order valence-corrected chi connectivity index (χ0v) is 12.0. The molecule has 0 atom stereocenters. The third kappa shape index (κ3) is 9.44. The Morgan fingerprint density at radius 1 is 1.00 bits per heavy atom. The maximum atomic E-state index is 12.3. The predicted octanol–water partition coefficient (Wildman–Crippen LogP) is 2.17. The number of nitrogens with zero attached hydrogens (tertiary/aromatic N) is 1. The van der Waals surface area contributed by atoms with E-state index >= 15 is 0 Å². The smallest absolute Gasteiger partial charge is 0.475 e. The minimum Gasteiger partial charge on any atom is -0.475 e. The van der Waals surface area contributed by atoms with Gasteiger partial charge in [-0.3, -0.25) is 0 Å². The van der Waals surface area contributed by atoms with Crippen molar-refractivity contribution in [2.45, 2.75) is 18.3 Å². The lowest BCUT2D eigenvalue weighted by atomic mass is 9.95. The molecule has 0 radical (unpaired) electrons. The van der Waals surface area contributed by atoms with Gasteiger partial charge in [0.15, 0.2) is 0 Å². The summed E-state index contributed by atoms with van der Waals surface area (Å²) in [6, 6.07) is 3.21. The van der Waals surface area contributed by atoms with E-state index in [9.17, 15) is 30.7 Å². The van der Waals surface area contributed by atoms with Crippen LogP contribution in [-0.4, -0.2) is 52.6 Å². The van der Waals surface area contributed by atoms with Gasteiger partial charge in [-0.2, -0.15) is 30.7 Å². The SMILES string of the molecule is Fc1ccc(C2CNC2)cn1.O=C(O)C(F)(F)F.O=C(O)C(F)(F)F. The number of alkyl halides is 6. The number of rotatable bonds is 1. The van der Waals surface area contributed by atoms with Gasteiger partial charge in [0.05, 0.1) is 0 Å². The van der Waals surface area contributed by atoms with Gasteiger partial charge >= 0.3 is 24.3 Å². The van der Waals surface area contributed by atoms with Crippen molar-refractivity contribution in [1.82, 2.24) is 10.3 Å². The Bertz CT molecular complexity index is 544. The van der Waals surface area contributed by atoms with E-state index in [-0.39, 0.29) is 0 Å². The second-order valence-corrected chi connectivity index (χ2v) is 4.38. The first-order chi connectivity index (χ1) is 11.2. The molecule has 1 aliphatic rings. The van der Waals surface area contributed by atoms with Crippen molar-refractivity contribution >= 4 is 11.9 Å². The van der Waals surface area contributed by atoms with Crippen LogP contribution in [0.2, 0.25) is 0 Å². The fourth-order valence-corrected chi connectivity index (χ4v) is 1.15. The fourth-order valence-electron chi connectivity index (χ4n) is 1.15. The third-order valence-electron chi connectivity index (χ3n) is 2.49. The van der Waals surface area contributed by atoms with Crippen molar-refractivity contribution < 1.29 is 50.5 Å². The van der Waals surface area contributed by atoms with E-state index in [1.807, 2.05) is 0 Å². The van der Waals surface area contributed by atoms with Crippen LogP contribution in [0.4, 0.5) is 30.7 Å². The molecule has 0 spiro atoms. The molecule has 142 valence electrons. The first kappa shape index (κ1) is 22.6. The highest BCUT2D eigenvalue weighted by molar-refractivity contribution is 5.73. The largest absolute Gasteiger partial charge is 0.490 e. The lowest BCUT2D eigenvalue weighted by Crippen LogP contribution is -2.39. The summed E-state index contributed by atoms with van der Waals surface area (Å²) in [4.78, 5) is 21.4. The van der Waals surface area contributed by atoms with E-state index in [4.69, 9.17) is 19.8 Å². The van der Waals surface area contributed by atoms with Gasteiger partial charge < -0.3 is 15.5 Å². The Kier molecular flexibility index (Phi) is 8.26. The van der Waals surface area contributed by atoms with Crippen LogP contribution in [0.5, 0.6) is 0 Å². The molecular formula is C12H11F7N2O4. The first-order valence-corrected chi connectivity index (χ1v) is 6.17. The van der Waals surface area contributed by atoms with Gasteiger partial charge in [0.25, 0.3) is 0 Å². The normalized spacial score (nSPS) is 14.2. The zero-order chi connectivity index (χ0) is 19.8. The third-order valence-corrected chi connectivity index (χ3v) is 2.49. The van der Waals surface area contributed by atoms with Crippen LogP contribution in [0.25, 0.3) is 0 Å². The van der Waals surface area contributed by atoms with Gasteiger partial charge in [-0.1, -0.05) is 6.07 Å². The predicted molar refractivity (Wildman–Crippen MR) is 67.2 cm³/mol. The molecule has 0 aromatic carbocycles. The molecule has 0 unspecified atom stereocenters. The molecule has 13 heteroatoms. The summed E-state index contributed by atoms with van der Waals surface area (Å²) in [5.74, 6) is -5.37. The van der Waals surface area contributed by atoms with Crippen LogP contribution in [0.3, 0.4) is 0 Å². The van der Waals surface area contributed by atoms with Crippen molar-refractivity contribution in [2.24, 2.45) is 0 Å². The zero-order valence-electron chi connectivity index (χ0n) is 12.0. The van der Waals surface area contributed by atoms with Crippen molar-refractivity contribution in [3.63, 3.8) is 0 Å². The number of carbonyl (C=O) groups is 2. The molecule has 6 nitrogen and oxygen atoms in total. The summed E-state index contributed by atoms with van der Waals surface area (Å²) in [7, 11) is 0. The van der Waals surface area contributed by atoms with Gasteiger partial charge in [0, 0.05) is 25.2 Å². The molecular weight excluding hydrogens is 369 g/mol. The summed E-state index contributed by atoms with van der Waals surface area (Å²) in [5.41, 5.74) is 1.13. The van der Waals surface area contributed by atoms with Crippen molar-refractivity contribution in [2.75, 3.05) is 13.1 Å². The van der Waals surface area contributed by atoms with Crippen molar-refractivity contribution in [1.29, 1.82) is 0 Å². The summed E-state index contributed by atoms with van der Waals surface area (Å²) in [5, 5.41) is 17.4. The molecule has 2 rings (SSSR count). The minimum atomic E-state index is -5.08. The standard InChI is InChI=1S/C8H9FN2.2C2HF3O2/c9-8-2-1-6(5-11-8)7-3-10-4-7;2*3-2(4,5)1(6)7/h1-2,5,7,10H,3-4H2;2*(H,6,7). The Hall–Kier alpha value is -2.44. The van der Waals surface area contributed by atoms with Crippen molar-refractivity contribution in [3.05, 3.63) is 29.8 Å². The number of hydrogen-bond acceptors (Lipinski definition) is 4. The lowest BCUT2D eigenvalue weighted by molar-refractivity contribution is -0.193. The number of carboxylic acid groups (broad SMARTS) is 2. The maximum Gasteiger partial charge on any atom is 0.490 e. The number of halogens is 7. The monoisotopic (exact) mass is 380 g/mol. The molecule has 2 heterocycles. The minimum absolute atomic E-state index is 0.402. The van der Waals surface area contributed by atoms with Crippen LogP contribution < -0.4 is 5.32 Å². The van der Waals surface area contributed by atoms with Crippen LogP contribution in [0.1, 0.15) is 11.5 Å². The average molecular weight is 380 g/mol. The second-order valence-electron chi connectivity index (χ2n) is 4.38. The summed E-state index contributed by atoms with van der Waals surface area (Å²) >= 11 is 0. The molecule has 25 heavy (non-hydrogen) atoms. The quantitative estimate of drug-likeness (QED) is 0.510. The van der Waals surface area contributed by atoms with E-state index in [0.29, 0.717) is 5.92 Å². The van der Waals surface area contributed by atoms with Gasteiger partial charge in [-0.05, 0) is 11.6 Å². The lowest BCUT2D eigenvalue weighted by Gasteiger charge is -2.26. The molecule has 1 aliphatic heterocycles. The molecule has 1 aromatic rings.